The maximum absolute atomic E-state index is 12.8. The minimum absolute atomic E-state index is 0.0224. The van der Waals surface area contributed by atoms with E-state index >= 15 is 0 Å². The Morgan fingerprint density at radius 2 is 2.08 bits per heavy atom. The molecule has 6 nitrogen and oxygen atoms in total. The van der Waals surface area contributed by atoms with Crippen molar-refractivity contribution in [3.63, 3.8) is 0 Å². The Balaban J connectivity index is 1.75. The molecule has 24 heavy (non-hydrogen) atoms. The molecule has 1 aliphatic heterocycles. The number of hydrogen-bond donors (Lipinski definition) is 0. The van der Waals surface area contributed by atoms with Crippen molar-refractivity contribution in [3.8, 4) is 5.75 Å². The highest BCUT2D eigenvalue weighted by Gasteiger charge is 2.34. The third-order valence-electron chi connectivity index (χ3n) is 4.17. The molecule has 120 valence electrons. The van der Waals surface area contributed by atoms with Crippen LogP contribution in [0.4, 0.5) is 0 Å². The van der Waals surface area contributed by atoms with E-state index in [4.69, 9.17) is 9.15 Å². The first-order chi connectivity index (χ1) is 11.7. The van der Waals surface area contributed by atoms with Gasteiger partial charge >= 0.3 is 5.63 Å². The Morgan fingerprint density at radius 1 is 1.25 bits per heavy atom. The van der Waals surface area contributed by atoms with E-state index in [0.29, 0.717) is 16.7 Å². The first-order valence-corrected chi connectivity index (χ1v) is 7.50. The lowest BCUT2D eigenvalue weighted by molar-refractivity contribution is 0.0831. The van der Waals surface area contributed by atoms with Gasteiger partial charge in [-0.25, -0.2) is 4.79 Å². The number of fused-ring (bicyclic) bond motifs is 2. The molecule has 2 aromatic rings. The molecule has 2 unspecified atom stereocenters. The lowest BCUT2D eigenvalue weighted by atomic mass is 10.0. The van der Waals surface area contributed by atoms with Crippen molar-refractivity contribution in [3.05, 3.63) is 64.6 Å². The second-order valence-corrected chi connectivity index (χ2v) is 5.58. The van der Waals surface area contributed by atoms with Crippen LogP contribution in [0.15, 0.2) is 62.8 Å². The summed E-state index contributed by atoms with van der Waals surface area (Å²) in [6, 6.07) is 6.29. The van der Waals surface area contributed by atoms with Gasteiger partial charge in [0.2, 0.25) is 0 Å². The first kappa shape index (κ1) is 14.4. The van der Waals surface area contributed by atoms with Crippen LogP contribution < -0.4 is 10.4 Å². The molecule has 1 aliphatic carbocycles. The summed E-state index contributed by atoms with van der Waals surface area (Å²) in [5.74, 6) is 0.197. The number of aliphatic imine (C=N–C) groups is 1. The molecule has 2 aliphatic rings. The molecule has 0 fully saturated rings. The summed E-state index contributed by atoms with van der Waals surface area (Å²) in [5, 5.41) is 0.629. The van der Waals surface area contributed by atoms with E-state index in [0.717, 1.165) is 0 Å². The molecular formula is C18H14N2O4. The minimum Gasteiger partial charge on any atom is -0.497 e. The number of ether oxygens (including phenoxy) is 1. The molecule has 0 radical (unpaired) electrons. The Labute approximate surface area is 137 Å². The number of methoxy groups -OCH3 is 1. The largest absolute Gasteiger partial charge is 0.497 e. The van der Waals surface area contributed by atoms with Gasteiger partial charge in [0, 0.05) is 5.39 Å². The van der Waals surface area contributed by atoms with Crippen molar-refractivity contribution in [2.24, 2.45) is 4.99 Å². The third-order valence-corrected chi connectivity index (χ3v) is 4.17. The van der Waals surface area contributed by atoms with Gasteiger partial charge in [0.1, 0.15) is 16.9 Å². The Morgan fingerprint density at radius 3 is 2.92 bits per heavy atom. The van der Waals surface area contributed by atoms with E-state index in [1.54, 1.807) is 25.3 Å². The van der Waals surface area contributed by atoms with Crippen molar-refractivity contribution < 1.29 is 13.9 Å². The van der Waals surface area contributed by atoms with Gasteiger partial charge in [-0.1, -0.05) is 24.3 Å². The van der Waals surface area contributed by atoms with Gasteiger partial charge in [0.05, 0.1) is 25.5 Å². The fraction of sp³-hybridized carbons (Fsp3) is 0.167. The Kier molecular flexibility index (Phi) is 3.30. The SMILES string of the molecule is COc1ccc2oc(=O)c(C(=O)N3C=NC4C=CC=CC43)cc2c1. The van der Waals surface area contributed by atoms with Gasteiger partial charge < -0.3 is 9.15 Å². The second kappa shape index (κ2) is 5.49. The smallest absolute Gasteiger partial charge is 0.349 e. The summed E-state index contributed by atoms with van der Waals surface area (Å²) in [4.78, 5) is 30.8. The molecule has 0 spiro atoms. The first-order valence-electron chi connectivity index (χ1n) is 7.50. The van der Waals surface area contributed by atoms with Crippen LogP contribution in [0.1, 0.15) is 10.4 Å². The highest BCUT2D eigenvalue weighted by atomic mass is 16.5. The van der Waals surface area contributed by atoms with Crippen molar-refractivity contribution in [2.75, 3.05) is 7.11 Å². The predicted molar refractivity (Wildman–Crippen MR) is 89.6 cm³/mol. The van der Waals surface area contributed by atoms with E-state index in [1.165, 1.54) is 17.3 Å². The van der Waals surface area contributed by atoms with Crippen LogP contribution in [-0.2, 0) is 0 Å². The molecule has 0 N–H and O–H groups in total. The maximum Gasteiger partial charge on any atom is 0.349 e. The number of carbonyl (C=O) groups excluding carboxylic acids is 1. The fourth-order valence-electron chi connectivity index (χ4n) is 2.91. The normalized spacial score (nSPS) is 21.3. The van der Waals surface area contributed by atoms with Crippen LogP contribution in [0, 0.1) is 0 Å². The van der Waals surface area contributed by atoms with Gasteiger partial charge in [-0.3, -0.25) is 14.7 Å². The van der Waals surface area contributed by atoms with Gasteiger partial charge in [0.15, 0.2) is 0 Å². The highest BCUT2D eigenvalue weighted by molar-refractivity contribution is 6.03. The number of allylic oxidation sites excluding steroid dienone is 2. The fourth-order valence-corrected chi connectivity index (χ4v) is 2.91. The number of nitrogens with zero attached hydrogens (tertiary/aromatic N) is 2. The molecule has 1 aromatic heterocycles. The van der Waals surface area contributed by atoms with Gasteiger partial charge in [0.25, 0.3) is 5.91 Å². The molecule has 1 aromatic carbocycles. The standard InChI is InChI=1S/C18H14N2O4/c1-23-12-6-7-16-11(8-12)9-13(18(22)24-16)17(21)20-10-19-14-4-2-3-5-15(14)20/h2-10,14-15H,1H3. The zero-order valence-electron chi connectivity index (χ0n) is 12.9. The quantitative estimate of drug-likeness (QED) is 0.794. The summed E-state index contributed by atoms with van der Waals surface area (Å²) in [6.07, 6.45) is 9.04. The predicted octanol–water partition coefficient (Wildman–Crippen LogP) is 2.15. The maximum atomic E-state index is 12.8. The topological polar surface area (TPSA) is 72.1 Å². The van der Waals surface area contributed by atoms with Crippen molar-refractivity contribution in [1.82, 2.24) is 4.90 Å². The molecule has 6 heteroatoms. The van der Waals surface area contributed by atoms with Crippen LogP contribution in [0.25, 0.3) is 11.0 Å². The lowest BCUT2D eigenvalue weighted by Crippen LogP contribution is -2.41. The summed E-state index contributed by atoms with van der Waals surface area (Å²) < 4.78 is 10.4. The average molecular weight is 322 g/mol. The van der Waals surface area contributed by atoms with Gasteiger partial charge in [-0.15, -0.1) is 0 Å². The molecule has 4 rings (SSSR count). The monoisotopic (exact) mass is 322 g/mol. The highest BCUT2D eigenvalue weighted by Crippen LogP contribution is 2.24. The van der Waals surface area contributed by atoms with Crippen molar-refractivity contribution in [1.29, 1.82) is 0 Å². The summed E-state index contributed by atoms with van der Waals surface area (Å²) in [5.41, 5.74) is -0.276. The van der Waals surface area contributed by atoms with E-state index < -0.39 is 11.5 Å². The second-order valence-electron chi connectivity index (χ2n) is 5.58. The van der Waals surface area contributed by atoms with Crippen LogP contribution in [0.2, 0.25) is 0 Å². The number of amides is 1. The molecule has 2 heterocycles. The molecule has 0 bridgehead atoms. The number of hydrogen-bond acceptors (Lipinski definition) is 5. The van der Waals surface area contributed by atoms with Crippen molar-refractivity contribution in [2.45, 2.75) is 12.1 Å². The molecule has 1 amide bonds. The van der Waals surface area contributed by atoms with Gasteiger partial charge in [-0.2, -0.15) is 0 Å². The zero-order valence-corrected chi connectivity index (χ0v) is 12.9. The van der Waals surface area contributed by atoms with Crippen LogP contribution in [0.5, 0.6) is 5.75 Å². The molecular weight excluding hydrogens is 308 g/mol. The number of benzene rings is 1. The van der Waals surface area contributed by atoms with E-state index in [9.17, 15) is 9.59 Å². The van der Waals surface area contributed by atoms with Crippen LogP contribution in [0.3, 0.4) is 0 Å². The summed E-state index contributed by atoms with van der Waals surface area (Å²) >= 11 is 0. The molecule has 0 saturated heterocycles. The zero-order chi connectivity index (χ0) is 16.7. The van der Waals surface area contributed by atoms with Crippen molar-refractivity contribution >= 4 is 23.2 Å². The van der Waals surface area contributed by atoms with E-state index in [-0.39, 0.29) is 17.6 Å². The number of rotatable bonds is 2. The lowest BCUT2D eigenvalue weighted by Gasteiger charge is -2.23. The van der Waals surface area contributed by atoms with Crippen LogP contribution >= 0.6 is 0 Å². The van der Waals surface area contributed by atoms with Gasteiger partial charge in [-0.05, 0) is 24.3 Å². The molecule has 2 atom stereocenters. The summed E-state index contributed by atoms with van der Waals surface area (Å²) in [6.45, 7) is 0. The van der Waals surface area contributed by atoms with Crippen LogP contribution in [-0.4, -0.2) is 36.3 Å². The Hall–Kier alpha value is -3.15. The Bertz CT molecular complexity index is 971. The third kappa shape index (κ3) is 2.23. The van der Waals surface area contributed by atoms with E-state index in [2.05, 4.69) is 4.99 Å². The minimum atomic E-state index is -0.662. The number of carbonyl (C=O) groups is 1. The van der Waals surface area contributed by atoms with E-state index in [1.807, 2.05) is 24.3 Å². The average Bonchev–Trinajstić information content (AvgIpc) is 3.04. The molecule has 0 saturated carbocycles. The summed E-state index contributed by atoms with van der Waals surface area (Å²) in [7, 11) is 1.55.